The molecule has 0 aliphatic heterocycles. The van der Waals surface area contributed by atoms with E-state index in [-0.39, 0.29) is 36.0 Å². The number of pyridine rings is 2. The second-order valence-corrected chi connectivity index (χ2v) is 13.3. The van der Waals surface area contributed by atoms with Gasteiger partial charge in [-0.05, 0) is 66.1 Å². The average molecular weight is 858 g/mol. The average Bonchev–Trinajstić information content (AvgIpc) is 3.08. The van der Waals surface area contributed by atoms with E-state index >= 15 is 0 Å². The molecule has 0 fully saturated rings. The zero-order chi connectivity index (χ0) is 41.7. The molecule has 0 saturated carbocycles. The van der Waals surface area contributed by atoms with Crippen LogP contribution in [-0.4, -0.2) is 62.4 Å². The predicted molar refractivity (Wildman–Crippen MR) is 187 cm³/mol. The zero-order valence-corrected chi connectivity index (χ0v) is 30.8. The van der Waals surface area contributed by atoms with Crippen molar-refractivity contribution in [3.63, 3.8) is 0 Å². The highest BCUT2D eigenvalue weighted by Crippen LogP contribution is 2.30. The van der Waals surface area contributed by atoms with Gasteiger partial charge in [0.15, 0.2) is 0 Å². The van der Waals surface area contributed by atoms with E-state index in [9.17, 15) is 66.7 Å². The van der Waals surface area contributed by atoms with Gasteiger partial charge in [-0.2, -0.15) is 53.0 Å². The third-order valence-corrected chi connectivity index (χ3v) is 8.71. The minimum atomic E-state index is -5.23. The molecule has 0 saturated heterocycles. The van der Waals surface area contributed by atoms with Crippen molar-refractivity contribution in [3.05, 3.63) is 119 Å². The first-order valence-electron chi connectivity index (χ1n) is 15.5. The number of alkyl halides is 6. The van der Waals surface area contributed by atoms with E-state index in [0.29, 0.717) is 46.5 Å². The van der Waals surface area contributed by atoms with Gasteiger partial charge in [-0.1, -0.05) is 0 Å². The molecule has 4 amide bonds. The molecule has 308 valence electrons. The molecule has 2 atom stereocenters. The van der Waals surface area contributed by atoms with E-state index in [4.69, 9.17) is 0 Å². The second kappa shape index (κ2) is 18.2. The fourth-order valence-corrected chi connectivity index (χ4v) is 5.98. The number of aromatic nitrogens is 2. The number of urea groups is 1. The number of anilines is 2. The summed E-state index contributed by atoms with van der Waals surface area (Å²) in [7, 11) is -3.18. The summed E-state index contributed by atoms with van der Waals surface area (Å²) in [5.74, 6) is -6.84. The van der Waals surface area contributed by atoms with Crippen molar-refractivity contribution in [2.75, 3.05) is 23.9 Å². The van der Waals surface area contributed by atoms with Crippen LogP contribution in [0.4, 0.5) is 60.1 Å². The number of rotatable bonds is 12. The highest BCUT2D eigenvalue weighted by molar-refractivity contribution is 7.88. The Morgan fingerprint density at radius 2 is 1.02 bits per heavy atom. The Kier molecular flexibility index (Phi) is 14.6. The van der Waals surface area contributed by atoms with E-state index in [1.807, 2.05) is 5.32 Å². The van der Waals surface area contributed by atoms with Gasteiger partial charge in [-0.25, -0.2) is 37.0 Å². The van der Waals surface area contributed by atoms with E-state index in [0.717, 1.165) is 50.5 Å². The van der Waals surface area contributed by atoms with Crippen LogP contribution in [-0.2, 0) is 45.0 Å². The van der Waals surface area contributed by atoms with Crippen molar-refractivity contribution < 1.29 is 66.7 Å². The topological polar surface area (TPSA) is 154 Å². The molecule has 2 aromatic heterocycles. The lowest BCUT2D eigenvalue weighted by Gasteiger charge is -2.26. The highest BCUT2D eigenvalue weighted by atomic mass is 32.2. The summed E-state index contributed by atoms with van der Waals surface area (Å²) in [4.78, 5) is 47.9. The smallest absolute Gasteiger partial charge is 0.325 e. The molecular formula is C33H29F10N7O5S2. The summed E-state index contributed by atoms with van der Waals surface area (Å²) in [6, 6.07) is 1.11. The molecule has 57 heavy (non-hydrogen) atoms. The maximum absolute atomic E-state index is 14.0. The van der Waals surface area contributed by atoms with Crippen LogP contribution in [0.25, 0.3) is 0 Å². The Labute approximate surface area is 323 Å². The molecule has 0 spiro atoms. The Bertz CT molecular complexity index is 2160. The number of amides is 4. The molecule has 0 unspecified atom stereocenters. The molecule has 0 aliphatic carbocycles. The molecule has 4 aromatic rings. The fraction of sp³-hybridized carbons (Fsp3) is 0.242. The van der Waals surface area contributed by atoms with Crippen LogP contribution in [0, 0.1) is 23.3 Å². The number of carbonyl (C=O) groups excluding carboxylic acids is 3. The van der Waals surface area contributed by atoms with Crippen molar-refractivity contribution in [2.24, 2.45) is 0 Å². The molecule has 0 bridgehead atoms. The van der Waals surface area contributed by atoms with E-state index in [1.54, 1.807) is 4.72 Å². The quantitative estimate of drug-likeness (QED) is 0.166. The summed E-state index contributed by atoms with van der Waals surface area (Å²) in [6.45, 7) is 0. The summed E-state index contributed by atoms with van der Waals surface area (Å²) < 4.78 is 164. The maximum Gasteiger partial charge on any atom is 0.433 e. The molecular weight excluding hydrogens is 829 g/mol. The van der Waals surface area contributed by atoms with Gasteiger partial charge in [0.05, 0.1) is 23.8 Å². The van der Waals surface area contributed by atoms with Crippen molar-refractivity contribution in [1.29, 1.82) is 0 Å². The molecule has 2 aromatic carbocycles. The van der Waals surface area contributed by atoms with Gasteiger partial charge < -0.3 is 15.1 Å². The van der Waals surface area contributed by atoms with Crippen LogP contribution in [0.5, 0.6) is 0 Å². The Balaban J connectivity index is 0.00000870. The molecule has 0 aliphatic rings. The van der Waals surface area contributed by atoms with Gasteiger partial charge >= 0.3 is 28.6 Å². The number of nitrogens with zero attached hydrogens (tertiary/aromatic N) is 4. The summed E-state index contributed by atoms with van der Waals surface area (Å²) >= 11 is 0. The maximum atomic E-state index is 14.0. The normalized spacial score (nSPS) is 12.8. The van der Waals surface area contributed by atoms with Crippen LogP contribution < -0.4 is 24.6 Å². The Morgan fingerprint density at radius 3 is 1.37 bits per heavy atom. The Morgan fingerprint density at radius 1 is 0.649 bits per heavy atom. The third-order valence-electron chi connectivity index (χ3n) is 7.66. The lowest BCUT2D eigenvalue weighted by atomic mass is 10.0. The molecule has 24 heteroatoms. The number of likely N-dealkylation sites (N-methyl/N-ethyl adjacent to an activating group) is 2. The van der Waals surface area contributed by atoms with Crippen LogP contribution in [0.1, 0.15) is 22.5 Å². The highest BCUT2D eigenvalue weighted by Gasteiger charge is 2.35. The summed E-state index contributed by atoms with van der Waals surface area (Å²) in [5, 5.41) is 1.98. The summed E-state index contributed by atoms with van der Waals surface area (Å²) in [5.41, 5.74) is -3.71. The molecule has 3 N–H and O–H groups in total. The number of nitrogens with one attached hydrogen (secondary N) is 3. The second-order valence-electron chi connectivity index (χ2n) is 11.9. The SMILES string of the molecule is CN(C(=O)[C@H](Cc1cc(F)cc(F)c1)NC(=O)NS(=O)(=O)N[C@@H](Cc1cc(F)cc(F)c1)C(=O)N(C)c1ccc(C(F)(F)F)nc1)c1ccc(C(F)(F)F)nc1.S. The van der Waals surface area contributed by atoms with Gasteiger partial charge in [0.1, 0.15) is 46.7 Å². The number of carbonyl (C=O) groups is 3. The van der Waals surface area contributed by atoms with E-state index in [2.05, 4.69) is 9.97 Å². The van der Waals surface area contributed by atoms with Gasteiger partial charge in [0.25, 0.3) is 0 Å². The van der Waals surface area contributed by atoms with Crippen molar-refractivity contribution in [3.8, 4) is 0 Å². The van der Waals surface area contributed by atoms with E-state index in [1.165, 1.54) is 4.72 Å². The fourth-order valence-electron chi connectivity index (χ4n) is 5.06. The number of hydrogen-bond acceptors (Lipinski definition) is 7. The van der Waals surface area contributed by atoms with Gasteiger partial charge in [-0.3, -0.25) is 9.59 Å². The minimum Gasteiger partial charge on any atom is -0.325 e. The van der Waals surface area contributed by atoms with Crippen LogP contribution in [0.2, 0.25) is 0 Å². The molecule has 2 heterocycles. The zero-order valence-electron chi connectivity index (χ0n) is 29.0. The third kappa shape index (κ3) is 12.8. The predicted octanol–water partition coefficient (Wildman–Crippen LogP) is 5.17. The standard InChI is InChI=1S/C33H27F10N7O5S.H2S/c1-49(23-3-5-27(44-15-23)32(38,39)40)29(51)25(11-17-7-19(34)13-20(35)8-17)46-31(53)48-56(54,55)47-26(12-18-9-21(36)14-22(37)10-18)30(52)50(2)24-4-6-28(45-16-24)33(41,42)43;/h3-10,13-16,25-26,47H,11-12H2,1-2H3,(H2,46,48,53);1H2/t25-,26-;/m0./s1. The largest absolute Gasteiger partial charge is 0.433 e. The first-order valence-corrected chi connectivity index (χ1v) is 17.0. The van der Waals surface area contributed by atoms with Crippen molar-refractivity contribution in [1.82, 2.24) is 24.7 Å². The van der Waals surface area contributed by atoms with Crippen molar-refractivity contribution >= 4 is 52.9 Å². The van der Waals surface area contributed by atoms with E-state index < -0.39 is 100.0 Å². The minimum absolute atomic E-state index is 0. The van der Waals surface area contributed by atoms with Gasteiger partial charge in [0.2, 0.25) is 11.8 Å². The first kappa shape index (κ1) is 45.9. The number of hydrogen-bond donors (Lipinski definition) is 3. The van der Waals surface area contributed by atoms with Gasteiger partial charge in [0, 0.05) is 32.6 Å². The van der Waals surface area contributed by atoms with Crippen LogP contribution in [0.15, 0.2) is 73.1 Å². The lowest BCUT2D eigenvalue weighted by Crippen LogP contribution is -2.57. The van der Waals surface area contributed by atoms with Crippen LogP contribution >= 0.6 is 13.5 Å². The van der Waals surface area contributed by atoms with Crippen molar-refractivity contribution in [2.45, 2.75) is 37.3 Å². The Hall–Kier alpha value is -5.49. The first-order chi connectivity index (χ1) is 25.9. The lowest BCUT2D eigenvalue weighted by molar-refractivity contribution is -0.141. The number of halogens is 10. The summed E-state index contributed by atoms with van der Waals surface area (Å²) in [6.07, 6.45) is -9.90. The molecule has 4 rings (SSSR count). The molecule has 0 radical (unpaired) electrons. The van der Waals surface area contributed by atoms with Crippen LogP contribution in [0.3, 0.4) is 0 Å². The number of benzene rings is 2. The monoisotopic (exact) mass is 857 g/mol. The van der Waals surface area contributed by atoms with Gasteiger partial charge in [-0.15, -0.1) is 0 Å². The molecule has 12 nitrogen and oxygen atoms in total.